The number of halogens is 1. The highest BCUT2D eigenvalue weighted by atomic mass is 35.5. The molecule has 0 aliphatic heterocycles. The van der Waals surface area contributed by atoms with Gasteiger partial charge in [-0.25, -0.2) is 9.50 Å². The van der Waals surface area contributed by atoms with Gasteiger partial charge in [0.05, 0.1) is 11.3 Å². The highest BCUT2D eigenvalue weighted by Crippen LogP contribution is 2.13. The average Bonchev–Trinajstić information content (AvgIpc) is 2.40. The third kappa shape index (κ3) is 1.19. The van der Waals surface area contributed by atoms with Crippen LogP contribution in [0.15, 0.2) is 12.3 Å². The van der Waals surface area contributed by atoms with E-state index < -0.39 is 0 Å². The Morgan fingerprint density at radius 1 is 1.62 bits per heavy atom. The van der Waals surface area contributed by atoms with Crippen molar-refractivity contribution in [2.24, 2.45) is 0 Å². The number of hydrogen-bond donors (Lipinski definition) is 0. The summed E-state index contributed by atoms with van der Waals surface area (Å²) in [5.74, 6) is 0. The fraction of sp³-hybridized carbons (Fsp3) is 0.125. The van der Waals surface area contributed by atoms with Gasteiger partial charge in [-0.15, -0.1) is 0 Å². The first kappa shape index (κ1) is 8.19. The number of nitrogens with zero attached hydrogens (tertiary/aromatic N) is 3. The van der Waals surface area contributed by atoms with E-state index in [4.69, 9.17) is 11.6 Å². The lowest BCUT2D eigenvalue weighted by atomic mass is 10.3. The van der Waals surface area contributed by atoms with Crippen molar-refractivity contribution in [2.45, 2.75) is 6.92 Å². The third-order valence-electron chi connectivity index (χ3n) is 1.79. The normalized spacial score (nSPS) is 10.6. The van der Waals surface area contributed by atoms with Crippen molar-refractivity contribution in [1.29, 1.82) is 0 Å². The number of aromatic nitrogens is 3. The second kappa shape index (κ2) is 2.81. The van der Waals surface area contributed by atoms with Gasteiger partial charge in [0, 0.05) is 6.20 Å². The summed E-state index contributed by atoms with van der Waals surface area (Å²) in [6, 6.07) is 1.62. The molecule has 0 saturated carbocycles. The van der Waals surface area contributed by atoms with Crippen molar-refractivity contribution in [3.8, 4) is 0 Å². The van der Waals surface area contributed by atoms with Crippen molar-refractivity contribution >= 4 is 23.5 Å². The number of aldehydes is 1. The Hall–Kier alpha value is -1.42. The molecule has 2 heterocycles. The van der Waals surface area contributed by atoms with E-state index in [0.717, 1.165) is 6.29 Å². The van der Waals surface area contributed by atoms with Gasteiger partial charge in [0.1, 0.15) is 5.15 Å². The van der Waals surface area contributed by atoms with Crippen LogP contribution in [0, 0.1) is 6.92 Å². The Morgan fingerprint density at radius 2 is 2.38 bits per heavy atom. The molecule has 0 aliphatic rings. The van der Waals surface area contributed by atoms with Crippen molar-refractivity contribution in [3.63, 3.8) is 0 Å². The SMILES string of the molecule is Cc1nn2ccc(Cl)nc2c1C=O. The number of aryl methyl sites for hydroxylation is 1. The molecule has 0 N–H and O–H groups in total. The summed E-state index contributed by atoms with van der Waals surface area (Å²) in [4.78, 5) is 14.7. The van der Waals surface area contributed by atoms with E-state index in [-0.39, 0.29) is 0 Å². The molecule has 0 saturated heterocycles. The summed E-state index contributed by atoms with van der Waals surface area (Å²) in [7, 11) is 0. The number of carbonyl (C=O) groups is 1. The second-order valence-electron chi connectivity index (χ2n) is 2.64. The van der Waals surface area contributed by atoms with Crippen LogP contribution < -0.4 is 0 Å². The zero-order chi connectivity index (χ0) is 9.42. The average molecular weight is 196 g/mol. The van der Waals surface area contributed by atoms with Crippen LogP contribution in [0.4, 0.5) is 0 Å². The van der Waals surface area contributed by atoms with Crippen LogP contribution in [0.1, 0.15) is 16.1 Å². The molecule has 0 amide bonds. The van der Waals surface area contributed by atoms with Crippen molar-refractivity contribution < 1.29 is 4.79 Å². The van der Waals surface area contributed by atoms with Gasteiger partial charge in [-0.3, -0.25) is 4.79 Å². The summed E-state index contributed by atoms with van der Waals surface area (Å²) in [5.41, 5.74) is 1.65. The lowest BCUT2D eigenvalue weighted by molar-refractivity contribution is 0.112. The quantitative estimate of drug-likeness (QED) is 0.512. The first-order valence-electron chi connectivity index (χ1n) is 3.69. The van der Waals surface area contributed by atoms with Crippen LogP contribution in [0.3, 0.4) is 0 Å². The second-order valence-corrected chi connectivity index (χ2v) is 3.02. The molecule has 0 unspecified atom stereocenters. The maximum atomic E-state index is 10.7. The number of fused-ring (bicyclic) bond motifs is 1. The summed E-state index contributed by atoms with van der Waals surface area (Å²) < 4.78 is 1.53. The van der Waals surface area contributed by atoms with Gasteiger partial charge < -0.3 is 0 Å². The molecular formula is C8H6ClN3O. The largest absolute Gasteiger partial charge is 0.298 e. The molecular weight excluding hydrogens is 190 g/mol. The Bertz CT molecular complexity index is 477. The van der Waals surface area contributed by atoms with Crippen molar-refractivity contribution in [1.82, 2.24) is 14.6 Å². The van der Waals surface area contributed by atoms with Crippen molar-refractivity contribution in [3.05, 3.63) is 28.7 Å². The van der Waals surface area contributed by atoms with Crippen LogP contribution in [-0.4, -0.2) is 20.9 Å². The molecule has 13 heavy (non-hydrogen) atoms. The molecule has 0 spiro atoms. The highest BCUT2D eigenvalue weighted by molar-refractivity contribution is 6.29. The van der Waals surface area contributed by atoms with Crippen molar-refractivity contribution in [2.75, 3.05) is 0 Å². The lowest BCUT2D eigenvalue weighted by Crippen LogP contribution is -1.89. The number of carbonyl (C=O) groups excluding carboxylic acids is 1. The molecule has 0 aliphatic carbocycles. The van der Waals surface area contributed by atoms with Gasteiger partial charge in [0.2, 0.25) is 0 Å². The van der Waals surface area contributed by atoms with Gasteiger partial charge in [0.25, 0.3) is 0 Å². The van der Waals surface area contributed by atoms with Gasteiger partial charge >= 0.3 is 0 Å². The van der Waals surface area contributed by atoms with Gasteiger partial charge in [-0.1, -0.05) is 11.6 Å². The van der Waals surface area contributed by atoms with Crippen LogP contribution in [0.25, 0.3) is 5.65 Å². The monoisotopic (exact) mass is 195 g/mol. The van der Waals surface area contributed by atoms with Gasteiger partial charge in [0.15, 0.2) is 11.9 Å². The Kier molecular flexibility index (Phi) is 1.77. The van der Waals surface area contributed by atoms with E-state index in [1.54, 1.807) is 19.2 Å². The molecule has 2 aromatic rings. The van der Waals surface area contributed by atoms with E-state index in [2.05, 4.69) is 10.1 Å². The molecule has 0 radical (unpaired) electrons. The molecule has 2 aromatic heterocycles. The van der Waals surface area contributed by atoms with E-state index in [1.807, 2.05) is 0 Å². The smallest absolute Gasteiger partial charge is 0.167 e. The predicted octanol–water partition coefficient (Wildman–Crippen LogP) is 1.50. The summed E-state index contributed by atoms with van der Waals surface area (Å²) in [6.07, 6.45) is 2.41. The van der Waals surface area contributed by atoms with Crippen LogP contribution in [-0.2, 0) is 0 Å². The molecule has 0 atom stereocenters. The molecule has 0 aromatic carbocycles. The first-order valence-corrected chi connectivity index (χ1v) is 4.07. The Morgan fingerprint density at radius 3 is 3.08 bits per heavy atom. The van der Waals surface area contributed by atoms with Gasteiger partial charge in [-0.2, -0.15) is 5.10 Å². The van der Waals surface area contributed by atoms with E-state index in [1.165, 1.54) is 4.52 Å². The molecule has 0 fully saturated rings. The minimum atomic E-state index is 0.357. The summed E-state index contributed by atoms with van der Waals surface area (Å²) in [5, 5.41) is 4.45. The summed E-state index contributed by atoms with van der Waals surface area (Å²) in [6.45, 7) is 1.76. The topological polar surface area (TPSA) is 47.3 Å². The summed E-state index contributed by atoms with van der Waals surface area (Å²) >= 11 is 5.69. The predicted molar refractivity (Wildman–Crippen MR) is 48.1 cm³/mol. The number of hydrogen-bond acceptors (Lipinski definition) is 3. The molecule has 4 nitrogen and oxygen atoms in total. The molecule has 2 rings (SSSR count). The molecule has 66 valence electrons. The van der Waals surface area contributed by atoms with Gasteiger partial charge in [-0.05, 0) is 13.0 Å². The Balaban J connectivity index is 2.88. The maximum Gasteiger partial charge on any atom is 0.167 e. The van der Waals surface area contributed by atoms with Crippen LogP contribution in [0.5, 0.6) is 0 Å². The first-order chi connectivity index (χ1) is 6.22. The molecule has 0 bridgehead atoms. The highest BCUT2D eigenvalue weighted by Gasteiger charge is 2.09. The fourth-order valence-corrected chi connectivity index (χ4v) is 1.31. The number of rotatable bonds is 1. The third-order valence-corrected chi connectivity index (χ3v) is 2.00. The Labute approximate surface area is 79.2 Å². The van der Waals surface area contributed by atoms with E-state index >= 15 is 0 Å². The minimum absolute atomic E-state index is 0.357. The fourth-order valence-electron chi connectivity index (χ4n) is 1.17. The standard InChI is InChI=1S/C8H6ClN3O/c1-5-6(4-13)8-10-7(9)2-3-12(8)11-5/h2-4H,1H3. The van der Waals surface area contributed by atoms with E-state index in [9.17, 15) is 4.79 Å². The van der Waals surface area contributed by atoms with Crippen LogP contribution >= 0.6 is 11.6 Å². The minimum Gasteiger partial charge on any atom is -0.298 e. The zero-order valence-corrected chi connectivity index (χ0v) is 7.62. The zero-order valence-electron chi connectivity index (χ0n) is 6.86. The maximum absolute atomic E-state index is 10.7. The molecule has 5 heteroatoms. The van der Waals surface area contributed by atoms with E-state index in [0.29, 0.717) is 22.1 Å². The van der Waals surface area contributed by atoms with Crippen LogP contribution in [0.2, 0.25) is 5.15 Å². The lowest BCUT2D eigenvalue weighted by Gasteiger charge is -1.91.